The first kappa shape index (κ1) is 20.8. The first-order valence-corrected chi connectivity index (χ1v) is 8.98. The van der Waals surface area contributed by atoms with Gasteiger partial charge in [0.1, 0.15) is 23.2 Å². The number of rotatable bonds is 4. The number of ether oxygens (including phenoxy) is 1. The van der Waals surface area contributed by atoms with E-state index in [2.05, 4.69) is 16.0 Å². The number of benzene rings is 2. The van der Waals surface area contributed by atoms with Crippen LogP contribution in [0, 0.1) is 17.5 Å². The fourth-order valence-corrected chi connectivity index (χ4v) is 3.30. The number of urea groups is 1. The topological polar surface area (TPSA) is 79.5 Å². The highest BCUT2D eigenvalue weighted by Gasteiger charge is 2.35. The second-order valence-electron chi connectivity index (χ2n) is 6.45. The number of piperidine rings is 1. The van der Waals surface area contributed by atoms with Crippen LogP contribution >= 0.6 is 11.6 Å². The van der Waals surface area contributed by atoms with Crippen molar-refractivity contribution in [3.63, 3.8) is 0 Å². The zero-order valence-corrected chi connectivity index (χ0v) is 15.9. The highest BCUT2D eigenvalue weighted by molar-refractivity contribution is 6.30. The average molecular weight is 428 g/mol. The van der Waals surface area contributed by atoms with Crippen LogP contribution in [0.4, 0.5) is 23.7 Å². The molecule has 3 N–H and O–H groups in total. The molecule has 1 aliphatic heterocycles. The first-order valence-electron chi connectivity index (χ1n) is 8.60. The maximum Gasteiger partial charge on any atom is 0.319 e. The molecule has 2 atom stereocenters. The summed E-state index contributed by atoms with van der Waals surface area (Å²) in [6.07, 6.45) is -0.222. The van der Waals surface area contributed by atoms with Crippen LogP contribution in [0.15, 0.2) is 30.3 Å². The molecule has 0 unspecified atom stereocenters. The van der Waals surface area contributed by atoms with Crippen molar-refractivity contribution < 1.29 is 27.5 Å². The van der Waals surface area contributed by atoms with Crippen molar-refractivity contribution >= 4 is 29.2 Å². The summed E-state index contributed by atoms with van der Waals surface area (Å²) >= 11 is 5.60. The number of amides is 3. The van der Waals surface area contributed by atoms with Gasteiger partial charge in [-0.2, -0.15) is 0 Å². The Morgan fingerprint density at radius 1 is 1.17 bits per heavy atom. The number of hydrogen-bond donors (Lipinski definition) is 3. The zero-order valence-electron chi connectivity index (χ0n) is 15.2. The molecule has 29 heavy (non-hydrogen) atoms. The van der Waals surface area contributed by atoms with Crippen LogP contribution in [0.25, 0.3) is 0 Å². The normalized spacial score (nSPS) is 18.7. The summed E-state index contributed by atoms with van der Waals surface area (Å²) < 4.78 is 47.4. The molecule has 1 fully saturated rings. The van der Waals surface area contributed by atoms with Crippen LogP contribution in [0.5, 0.6) is 5.75 Å². The lowest BCUT2D eigenvalue weighted by atomic mass is 9.85. The van der Waals surface area contributed by atoms with Gasteiger partial charge in [0.15, 0.2) is 0 Å². The second-order valence-corrected chi connectivity index (χ2v) is 6.86. The Bertz CT molecular complexity index is 935. The van der Waals surface area contributed by atoms with Crippen molar-refractivity contribution in [2.45, 2.75) is 18.4 Å². The number of carbonyl (C=O) groups is 2. The summed E-state index contributed by atoms with van der Waals surface area (Å²) in [4.78, 5) is 24.1. The van der Waals surface area contributed by atoms with E-state index < -0.39 is 41.3 Å². The molecule has 2 aromatic carbocycles. The molecule has 3 rings (SSSR count). The van der Waals surface area contributed by atoms with Crippen molar-refractivity contribution in [3.05, 3.63) is 58.4 Å². The minimum Gasteiger partial charge on any atom is -0.497 e. The van der Waals surface area contributed by atoms with Gasteiger partial charge in [-0.25, -0.2) is 18.0 Å². The SMILES string of the molecule is COc1cc(F)c([C@@H]2CC(=O)NC[C@H]2NC(=O)Nc2ccc(Cl)c(F)c2)c(F)c1. The van der Waals surface area contributed by atoms with Crippen LogP contribution in [-0.2, 0) is 4.79 Å². The fraction of sp³-hybridized carbons (Fsp3) is 0.263. The van der Waals surface area contributed by atoms with Gasteiger partial charge in [0.05, 0.1) is 18.2 Å². The van der Waals surface area contributed by atoms with E-state index in [9.17, 15) is 22.8 Å². The van der Waals surface area contributed by atoms with E-state index in [-0.39, 0.29) is 35.0 Å². The van der Waals surface area contributed by atoms with Crippen molar-refractivity contribution in [1.82, 2.24) is 10.6 Å². The van der Waals surface area contributed by atoms with Crippen LogP contribution in [0.3, 0.4) is 0 Å². The van der Waals surface area contributed by atoms with E-state index in [1.165, 1.54) is 19.2 Å². The van der Waals surface area contributed by atoms with Crippen molar-refractivity contribution in [2.24, 2.45) is 0 Å². The molecule has 1 aliphatic rings. The van der Waals surface area contributed by atoms with Gasteiger partial charge < -0.3 is 20.7 Å². The Kier molecular flexibility index (Phi) is 6.17. The van der Waals surface area contributed by atoms with Gasteiger partial charge in [-0.05, 0) is 18.2 Å². The Hall–Kier alpha value is -2.94. The van der Waals surface area contributed by atoms with Gasteiger partial charge in [0.25, 0.3) is 0 Å². The number of hydrogen-bond acceptors (Lipinski definition) is 3. The third kappa shape index (κ3) is 4.73. The summed E-state index contributed by atoms with van der Waals surface area (Å²) in [5.41, 5.74) is -0.175. The molecule has 154 valence electrons. The zero-order chi connectivity index (χ0) is 21.1. The second kappa shape index (κ2) is 8.60. The summed E-state index contributed by atoms with van der Waals surface area (Å²) in [6, 6.07) is 4.20. The third-order valence-corrected chi connectivity index (χ3v) is 4.87. The average Bonchev–Trinajstić information content (AvgIpc) is 2.66. The molecule has 3 amide bonds. The molecule has 6 nitrogen and oxygen atoms in total. The van der Waals surface area contributed by atoms with E-state index >= 15 is 0 Å². The Balaban J connectivity index is 1.80. The highest BCUT2D eigenvalue weighted by atomic mass is 35.5. The quantitative estimate of drug-likeness (QED) is 0.698. The Morgan fingerprint density at radius 2 is 1.86 bits per heavy atom. The molecule has 0 aliphatic carbocycles. The van der Waals surface area contributed by atoms with E-state index in [0.717, 1.165) is 18.2 Å². The van der Waals surface area contributed by atoms with Gasteiger partial charge in [-0.15, -0.1) is 0 Å². The largest absolute Gasteiger partial charge is 0.497 e. The van der Waals surface area contributed by atoms with Gasteiger partial charge in [-0.1, -0.05) is 11.6 Å². The van der Waals surface area contributed by atoms with Gasteiger partial charge in [-0.3, -0.25) is 4.79 Å². The van der Waals surface area contributed by atoms with Crippen molar-refractivity contribution in [2.75, 3.05) is 19.0 Å². The number of nitrogens with one attached hydrogen (secondary N) is 3. The fourth-order valence-electron chi connectivity index (χ4n) is 3.18. The monoisotopic (exact) mass is 427 g/mol. The van der Waals surface area contributed by atoms with Gasteiger partial charge in [0.2, 0.25) is 5.91 Å². The van der Waals surface area contributed by atoms with Crippen LogP contribution in [0.1, 0.15) is 17.9 Å². The maximum atomic E-state index is 14.5. The molecule has 0 aromatic heterocycles. The molecule has 0 saturated carbocycles. The molecule has 1 saturated heterocycles. The molecule has 0 radical (unpaired) electrons. The Labute approximate surface area is 169 Å². The minimum atomic E-state index is -0.942. The summed E-state index contributed by atoms with van der Waals surface area (Å²) in [5, 5.41) is 7.44. The highest BCUT2D eigenvalue weighted by Crippen LogP contribution is 2.33. The molecular formula is C19H17ClF3N3O3. The molecule has 2 aromatic rings. The van der Waals surface area contributed by atoms with E-state index in [1.807, 2.05) is 0 Å². The number of methoxy groups -OCH3 is 1. The maximum absolute atomic E-state index is 14.5. The molecule has 1 heterocycles. The number of halogens is 4. The van der Waals surface area contributed by atoms with Crippen molar-refractivity contribution in [1.29, 1.82) is 0 Å². The van der Waals surface area contributed by atoms with Crippen molar-refractivity contribution in [3.8, 4) is 5.75 Å². The first-order chi connectivity index (χ1) is 13.8. The van der Waals surface area contributed by atoms with Crippen LogP contribution in [-0.4, -0.2) is 31.6 Å². The minimum absolute atomic E-state index is 0.00368. The molecule has 0 spiro atoms. The molecule has 0 bridgehead atoms. The molecule has 10 heteroatoms. The van der Waals surface area contributed by atoms with E-state index in [4.69, 9.17) is 16.3 Å². The van der Waals surface area contributed by atoms with Crippen LogP contribution < -0.4 is 20.7 Å². The van der Waals surface area contributed by atoms with Gasteiger partial charge in [0, 0.05) is 42.3 Å². The predicted octanol–water partition coefficient (Wildman–Crippen LogP) is 3.56. The van der Waals surface area contributed by atoms with Crippen LogP contribution in [0.2, 0.25) is 5.02 Å². The smallest absolute Gasteiger partial charge is 0.319 e. The lowest BCUT2D eigenvalue weighted by molar-refractivity contribution is -0.123. The Morgan fingerprint density at radius 3 is 2.48 bits per heavy atom. The third-order valence-electron chi connectivity index (χ3n) is 4.56. The summed E-state index contributed by atoms with van der Waals surface area (Å²) in [6.45, 7) is -0.0309. The lowest BCUT2D eigenvalue weighted by Crippen LogP contribution is -2.53. The number of anilines is 1. The lowest BCUT2D eigenvalue weighted by Gasteiger charge is -2.33. The standard InChI is InChI=1S/C19H17ClF3N3O3/c1-29-10-5-14(22)18(15(23)6-10)11-7-17(27)24-8-16(11)26-19(28)25-9-2-3-12(20)13(21)4-9/h2-6,11,16H,7-8H2,1H3,(H,24,27)(H2,25,26,28)/t11-,16-/m1/s1. The van der Waals surface area contributed by atoms with E-state index in [0.29, 0.717) is 0 Å². The number of carbonyl (C=O) groups excluding carboxylic acids is 2. The predicted molar refractivity (Wildman–Crippen MR) is 101 cm³/mol. The van der Waals surface area contributed by atoms with E-state index in [1.54, 1.807) is 0 Å². The summed E-state index contributed by atoms with van der Waals surface area (Å²) in [5.74, 6) is -3.82. The molecular weight excluding hydrogens is 411 g/mol. The summed E-state index contributed by atoms with van der Waals surface area (Å²) in [7, 11) is 1.27. The van der Waals surface area contributed by atoms with Gasteiger partial charge >= 0.3 is 6.03 Å².